The maximum Gasteiger partial charge on any atom is 0.306 e. The van der Waals surface area contributed by atoms with Crippen molar-refractivity contribution in [1.29, 1.82) is 0 Å². The lowest BCUT2D eigenvalue weighted by Gasteiger charge is -2.18. The first-order valence-corrected chi connectivity index (χ1v) is 31.2. The monoisotopic (exact) mass is 1030 g/mol. The summed E-state index contributed by atoms with van der Waals surface area (Å²) >= 11 is 0. The lowest BCUT2D eigenvalue weighted by atomic mass is 10.1. The summed E-state index contributed by atoms with van der Waals surface area (Å²) < 4.78 is 16.9. The Hall–Kier alpha value is -3.67. The van der Waals surface area contributed by atoms with Crippen LogP contribution in [0.4, 0.5) is 0 Å². The van der Waals surface area contributed by atoms with Gasteiger partial charge in [-0.1, -0.05) is 259 Å². The molecule has 0 aromatic carbocycles. The molecule has 0 aliphatic carbocycles. The number of rotatable bonds is 56. The minimum absolute atomic E-state index is 0.0882. The molecule has 1 atom stereocenters. The molecule has 6 heteroatoms. The molecule has 0 fully saturated rings. The molecule has 0 saturated heterocycles. The molecule has 0 aliphatic heterocycles. The average Bonchev–Trinajstić information content (AvgIpc) is 3.40. The van der Waals surface area contributed by atoms with E-state index in [9.17, 15) is 14.4 Å². The molecular formula is C68H116O6. The van der Waals surface area contributed by atoms with E-state index >= 15 is 0 Å². The zero-order chi connectivity index (χ0) is 53.6. The summed E-state index contributed by atoms with van der Waals surface area (Å²) in [5, 5.41) is 0. The summed E-state index contributed by atoms with van der Waals surface area (Å²) in [6.45, 7) is 6.47. The van der Waals surface area contributed by atoms with E-state index in [0.717, 1.165) is 122 Å². The fourth-order valence-corrected chi connectivity index (χ4v) is 8.60. The van der Waals surface area contributed by atoms with Crippen LogP contribution in [0.3, 0.4) is 0 Å². The van der Waals surface area contributed by atoms with Crippen molar-refractivity contribution in [3.05, 3.63) is 97.2 Å². The van der Waals surface area contributed by atoms with Gasteiger partial charge in [0.1, 0.15) is 13.2 Å². The quantitative estimate of drug-likeness (QED) is 0.0261. The van der Waals surface area contributed by atoms with Crippen molar-refractivity contribution < 1.29 is 28.6 Å². The Kier molecular flexibility index (Phi) is 58.8. The molecule has 0 rings (SSSR count). The van der Waals surface area contributed by atoms with E-state index in [4.69, 9.17) is 14.2 Å². The second-order valence-electron chi connectivity index (χ2n) is 20.6. The first-order chi connectivity index (χ1) is 36.5. The standard InChI is InChI=1S/C68H116O6/c1-4-7-10-13-16-19-22-25-28-30-31-32-33-34-35-36-37-39-40-43-46-49-52-55-58-61-67(70)73-64-65(63-72-66(69)60-57-54-51-48-45-42-27-24-21-18-15-12-9-6-3)74-68(71)62-59-56-53-50-47-44-41-38-29-26-23-20-17-14-11-8-5-2/h8,11,15,17-18,20,22,24-27,29-31,33-34,65H,4-7,9-10,12-14,16,19,21,23,28,32,35-64H2,1-3H3/b11-8-,18-15-,20-17-,25-22-,27-24-,29-26-,31-30-,34-33-. The van der Waals surface area contributed by atoms with Crippen molar-refractivity contribution in [3.63, 3.8) is 0 Å². The van der Waals surface area contributed by atoms with Crippen LogP contribution in [0.25, 0.3) is 0 Å². The fourth-order valence-electron chi connectivity index (χ4n) is 8.60. The molecule has 0 aromatic heterocycles. The van der Waals surface area contributed by atoms with Crippen LogP contribution in [-0.2, 0) is 28.6 Å². The van der Waals surface area contributed by atoms with Gasteiger partial charge in [-0.2, -0.15) is 0 Å². The first kappa shape index (κ1) is 70.3. The molecule has 6 nitrogen and oxygen atoms in total. The van der Waals surface area contributed by atoms with Crippen LogP contribution in [0.1, 0.15) is 297 Å². The van der Waals surface area contributed by atoms with Crippen LogP contribution < -0.4 is 0 Å². The molecular weight excluding hydrogens is 913 g/mol. The zero-order valence-corrected chi connectivity index (χ0v) is 48.6. The molecule has 424 valence electrons. The Morgan fingerprint density at radius 3 is 0.865 bits per heavy atom. The van der Waals surface area contributed by atoms with Crippen LogP contribution in [0.2, 0.25) is 0 Å². The molecule has 0 aliphatic rings. The van der Waals surface area contributed by atoms with Gasteiger partial charge in [-0.15, -0.1) is 0 Å². The molecule has 0 bridgehead atoms. The van der Waals surface area contributed by atoms with Gasteiger partial charge in [0, 0.05) is 19.3 Å². The van der Waals surface area contributed by atoms with Crippen molar-refractivity contribution in [2.24, 2.45) is 0 Å². The lowest BCUT2D eigenvalue weighted by Crippen LogP contribution is -2.30. The number of hydrogen-bond acceptors (Lipinski definition) is 6. The summed E-state index contributed by atoms with van der Waals surface area (Å²) in [6.07, 6.45) is 82.6. The predicted octanol–water partition coefficient (Wildman–Crippen LogP) is 21.3. The van der Waals surface area contributed by atoms with Gasteiger partial charge in [-0.3, -0.25) is 14.4 Å². The summed E-state index contributed by atoms with van der Waals surface area (Å²) in [5.74, 6) is -0.909. The largest absolute Gasteiger partial charge is 0.462 e. The second kappa shape index (κ2) is 61.9. The first-order valence-electron chi connectivity index (χ1n) is 31.2. The van der Waals surface area contributed by atoms with Gasteiger partial charge in [-0.25, -0.2) is 0 Å². The van der Waals surface area contributed by atoms with Crippen LogP contribution in [0.5, 0.6) is 0 Å². The van der Waals surface area contributed by atoms with E-state index in [1.807, 2.05) is 0 Å². The van der Waals surface area contributed by atoms with Gasteiger partial charge >= 0.3 is 17.9 Å². The smallest absolute Gasteiger partial charge is 0.306 e. The molecule has 74 heavy (non-hydrogen) atoms. The minimum Gasteiger partial charge on any atom is -0.462 e. The summed E-state index contributed by atoms with van der Waals surface area (Å²) in [7, 11) is 0. The minimum atomic E-state index is -0.792. The Labute approximate surface area is 457 Å². The predicted molar refractivity (Wildman–Crippen MR) is 320 cm³/mol. The Morgan fingerprint density at radius 2 is 0.541 bits per heavy atom. The highest BCUT2D eigenvalue weighted by Gasteiger charge is 2.19. The number of ether oxygens (including phenoxy) is 3. The summed E-state index contributed by atoms with van der Waals surface area (Å²) in [6, 6.07) is 0. The van der Waals surface area contributed by atoms with Crippen LogP contribution >= 0.6 is 0 Å². The van der Waals surface area contributed by atoms with Gasteiger partial charge in [-0.05, 0) is 116 Å². The molecule has 1 unspecified atom stereocenters. The zero-order valence-electron chi connectivity index (χ0n) is 48.6. The summed E-state index contributed by atoms with van der Waals surface area (Å²) in [5.41, 5.74) is 0. The van der Waals surface area contributed by atoms with Gasteiger partial charge in [0.25, 0.3) is 0 Å². The Morgan fingerprint density at radius 1 is 0.284 bits per heavy atom. The van der Waals surface area contributed by atoms with Gasteiger partial charge in [0.15, 0.2) is 6.10 Å². The maximum absolute atomic E-state index is 12.9. The van der Waals surface area contributed by atoms with Crippen molar-refractivity contribution in [2.75, 3.05) is 13.2 Å². The number of hydrogen-bond donors (Lipinski definition) is 0. The normalized spacial score (nSPS) is 12.7. The van der Waals surface area contributed by atoms with E-state index in [1.165, 1.54) is 135 Å². The lowest BCUT2D eigenvalue weighted by molar-refractivity contribution is -0.167. The highest BCUT2D eigenvalue weighted by molar-refractivity contribution is 5.71. The number of carbonyl (C=O) groups excluding carboxylic acids is 3. The topological polar surface area (TPSA) is 78.9 Å². The number of esters is 3. The van der Waals surface area contributed by atoms with Crippen LogP contribution in [0.15, 0.2) is 97.2 Å². The second-order valence-corrected chi connectivity index (χ2v) is 20.6. The molecule has 0 radical (unpaired) electrons. The Bertz CT molecular complexity index is 1460. The molecule has 0 spiro atoms. The van der Waals surface area contributed by atoms with E-state index in [-0.39, 0.29) is 31.1 Å². The number of carbonyl (C=O) groups is 3. The molecule has 0 heterocycles. The van der Waals surface area contributed by atoms with Crippen molar-refractivity contribution in [2.45, 2.75) is 303 Å². The van der Waals surface area contributed by atoms with Crippen LogP contribution in [-0.4, -0.2) is 37.2 Å². The summed E-state index contributed by atoms with van der Waals surface area (Å²) in [4.78, 5) is 38.3. The van der Waals surface area contributed by atoms with Gasteiger partial charge < -0.3 is 14.2 Å². The van der Waals surface area contributed by atoms with E-state index in [2.05, 4.69) is 118 Å². The van der Waals surface area contributed by atoms with E-state index in [0.29, 0.717) is 19.3 Å². The third-order valence-corrected chi connectivity index (χ3v) is 13.3. The van der Waals surface area contributed by atoms with Crippen molar-refractivity contribution >= 4 is 17.9 Å². The average molecular weight is 1030 g/mol. The molecule has 0 amide bonds. The van der Waals surface area contributed by atoms with Crippen LogP contribution in [0, 0.1) is 0 Å². The maximum atomic E-state index is 12.9. The number of unbranched alkanes of at least 4 members (excludes halogenated alkanes) is 29. The highest BCUT2D eigenvalue weighted by atomic mass is 16.6. The molecule has 0 aromatic rings. The third kappa shape index (κ3) is 59.2. The van der Waals surface area contributed by atoms with E-state index in [1.54, 1.807) is 0 Å². The van der Waals surface area contributed by atoms with E-state index < -0.39 is 6.10 Å². The van der Waals surface area contributed by atoms with Gasteiger partial charge in [0.2, 0.25) is 0 Å². The van der Waals surface area contributed by atoms with Crippen molar-refractivity contribution in [1.82, 2.24) is 0 Å². The van der Waals surface area contributed by atoms with Gasteiger partial charge in [0.05, 0.1) is 0 Å². The molecule has 0 N–H and O–H groups in total. The fraction of sp³-hybridized carbons (Fsp3) is 0.721. The molecule has 0 saturated carbocycles. The van der Waals surface area contributed by atoms with Crippen molar-refractivity contribution in [3.8, 4) is 0 Å². The SMILES string of the molecule is CC/C=C\C/C=C\C/C=C\CCCCCCCCCC(=O)OC(COC(=O)CCCCCCC/C=C\C/C=C\CCCC)COC(=O)CCCCCCCCCCCC/C=C\C/C=C\C/C=C\CCCCCCC. The third-order valence-electron chi connectivity index (χ3n) is 13.3. The number of allylic oxidation sites excluding steroid dienone is 16. The highest BCUT2D eigenvalue weighted by Crippen LogP contribution is 2.15. The Balaban J connectivity index is 4.35.